The van der Waals surface area contributed by atoms with E-state index in [4.69, 9.17) is 10.8 Å². The molecule has 1 atom stereocenters. The van der Waals surface area contributed by atoms with Gasteiger partial charge >= 0.3 is 0 Å². The van der Waals surface area contributed by atoms with Crippen LogP contribution in [-0.4, -0.2) is 47.1 Å². The highest BCUT2D eigenvalue weighted by atomic mass is 16.3. The van der Waals surface area contributed by atoms with Crippen molar-refractivity contribution in [1.29, 1.82) is 0 Å². The molecular formula is C14H19N3O2. The molecule has 4 N–H and O–H groups in total. The monoisotopic (exact) mass is 261 g/mol. The number of likely N-dealkylation sites (N-methyl/N-ethyl adjacent to an activating group) is 1. The quantitative estimate of drug-likeness (QED) is 0.732. The number of nitrogens with zero attached hydrogens (tertiary/aromatic N) is 1. The molecule has 0 aliphatic carbocycles. The van der Waals surface area contributed by atoms with Gasteiger partial charge in [-0.2, -0.15) is 0 Å². The maximum Gasteiger partial charge on any atom is 0.241 e. The molecule has 2 rings (SSSR count). The van der Waals surface area contributed by atoms with Crippen LogP contribution in [0.2, 0.25) is 0 Å². The summed E-state index contributed by atoms with van der Waals surface area (Å²) in [6, 6.07) is 7.24. The van der Waals surface area contributed by atoms with Gasteiger partial charge in [-0.1, -0.05) is 18.2 Å². The second-order valence-corrected chi connectivity index (χ2v) is 4.66. The molecule has 0 aliphatic rings. The number of carbonyl (C=O) groups excluding carboxylic acids is 1. The van der Waals surface area contributed by atoms with Gasteiger partial charge in [-0.05, 0) is 18.1 Å². The van der Waals surface area contributed by atoms with E-state index in [1.807, 2.05) is 24.4 Å². The molecule has 0 saturated heterocycles. The normalized spacial score (nSPS) is 12.6. The van der Waals surface area contributed by atoms with E-state index in [9.17, 15) is 4.79 Å². The molecule has 0 radical (unpaired) electrons. The lowest BCUT2D eigenvalue weighted by Crippen LogP contribution is -2.44. The Hall–Kier alpha value is -1.85. The summed E-state index contributed by atoms with van der Waals surface area (Å²) < 4.78 is 0. The molecule has 1 aromatic carbocycles. The summed E-state index contributed by atoms with van der Waals surface area (Å²) in [6.45, 7) is 0.255. The van der Waals surface area contributed by atoms with E-state index in [1.165, 1.54) is 10.9 Å². The standard InChI is InChI=1S/C14H19N3O2/c1-17(14(19)12(15)9-18)7-6-10-8-16-13-5-3-2-4-11(10)13/h2-5,8,12,16,18H,6-7,9,15H2,1H3. The number of nitrogens with two attached hydrogens (primary N) is 1. The summed E-state index contributed by atoms with van der Waals surface area (Å²) in [4.78, 5) is 16.5. The predicted molar refractivity (Wildman–Crippen MR) is 74.7 cm³/mol. The number of carbonyl (C=O) groups is 1. The number of aromatic nitrogens is 1. The second kappa shape index (κ2) is 5.86. The number of para-hydroxylation sites is 1. The average Bonchev–Trinajstić information content (AvgIpc) is 2.86. The molecular weight excluding hydrogens is 242 g/mol. The topological polar surface area (TPSA) is 82.4 Å². The van der Waals surface area contributed by atoms with Crippen molar-refractivity contribution in [3.63, 3.8) is 0 Å². The Labute approximate surface area is 112 Å². The molecule has 1 heterocycles. The minimum Gasteiger partial charge on any atom is -0.394 e. The molecule has 2 aromatic rings. The van der Waals surface area contributed by atoms with Gasteiger partial charge in [0.15, 0.2) is 0 Å². The molecule has 0 bridgehead atoms. The van der Waals surface area contributed by atoms with Crippen LogP contribution in [0.25, 0.3) is 10.9 Å². The van der Waals surface area contributed by atoms with Gasteiger partial charge in [-0.15, -0.1) is 0 Å². The summed E-state index contributed by atoms with van der Waals surface area (Å²) >= 11 is 0. The van der Waals surface area contributed by atoms with Crippen LogP contribution in [0.3, 0.4) is 0 Å². The number of hydrogen-bond donors (Lipinski definition) is 3. The van der Waals surface area contributed by atoms with Crippen molar-refractivity contribution >= 4 is 16.8 Å². The minimum atomic E-state index is -0.826. The van der Waals surface area contributed by atoms with Crippen molar-refractivity contribution < 1.29 is 9.90 Å². The van der Waals surface area contributed by atoms with Gasteiger partial charge in [-0.25, -0.2) is 0 Å². The van der Waals surface area contributed by atoms with E-state index in [2.05, 4.69) is 11.1 Å². The Morgan fingerprint density at radius 3 is 2.95 bits per heavy atom. The van der Waals surface area contributed by atoms with Gasteiger partial charge < -0.3 is 20.7 Å². The zero-order valence-electron chi connectivity index (χ0n) is 11.0. The maximum atomic E-state index is 11.7. The number of hydrogen-bond acceptors (Lipinski definition) is 3. The van der Waals surface area contributed by atoms with E-state index in [0.717, 1.165) is 11.9 Å². The Morgan fingerprint density at radius 1 is 1.47 bits per heavy atom. The fraction of sp³-hybridized carbons (Fsp3) is 0.357. The lowest BCUT2D eigenvalue weighted by Gasteiger charge is -2.19. The maximum absolute atomic E-state index is 11.7. The average molecular weight is 261 g/mol. The highest BCUT2D eigenvalue weighted by Gasteiger charge is 2.16. The molecule has 1 amide bonds. The summed E-state index contributed by atoms with van der Waals surface area (Å²) in [7, 11) is 1.70. The summed E-state index contributed by atoms with van der Waals surface area (Å²) in [5.41, 5.74) is 7.78. The van der Waals surface area contributed by atoms with Gasteiger partial charge in [0.1, 0.15) is 6.04 Å². The van der Waals surface area contributed by atoms with Crippen molar-refractivity contribution in [1.82, 2.24) is 9.88 Å². The first-order chi connectivity index (χ1) is 9.13. The van der Waals surface area contributed by atoms with Crippen molar-refractivity contribution in [3.8, 4) is 0 Å². The number of amides is 1. The number of H-pyrrole nitrogens is 1. The summed E-state index contributed by atoms with van der Waals surface area (Å²) in [5, 5.41) is 10.0. The Bertz CT molecular complexity index is 565. The smallest absolute Gasteiger partial charge is 0.241 e. The number of aliphatic hydroxyl groups excluding tert-OH is 1. The Morgan fingerprint density at radius 2 is 2.21 bits per heavy atom. The van der Waals surface area contributed by atoms with Gasteiger partial charge in [0, 0.05) is 30.7 Å². The van der Waals surface area contributed by atoms with Gasteiger partial charge in [0.2, 0.25) is 5.91 Å². The fourth-order valence-electron chi connectivity index (χ4n) is 2.10. The van der Waals surface area contributed by atoms with Crippen LogP contribution in [0.5, 0.6) is 0 Å². The molecule has 0 fully saturated rings. The third kappa shape index (κ3) is 2.94. The third-order valence-electron chi connectivity index (χ3n) is 3.28. The van der Waals surface area contributed by atoms with Gasteiger partial charge in [0.05, 0.1) is 6.61 Å². The van der Waals surface area contributed by atoms with Crippen molar-refractivity contribution in [2.45, 2.75) is 12.5 Å². The molecule has 0 saturated carbocycles. The Balaban J connectivity index is 2.01. The molecule has 102 valence electrons. The lowest BCUT2D eigenvalue weighted by atomic mass is 10.1. The van der Waals surface area contributed by atoms with Crippen molar-refractivity contribution in [2.24, 2.45) is 5.73 Å². The molecule has 1 aromatic heterocycles. The molecule has 0 aliphatic heterocycles. The molecule has 1 unspecified atom stereocenters. The zero-order chi connectivity index (χ0) is 13.8. The number of aromatic amines is 1. The molecule has 19 heavy (non-hydrogen) atoms. The number of fused-ring (bicyclic) bond motifs is 1. The number of benzene rings is 1. The van der Waals surface area contributed by atoms with Crippen molar-refractivity contribution in [3.05, 3.63) is 36.0 Å². The highest BCUT2D eigenvalue weighted by molar-refractivity contribution is 5.83. The summed E-state index contributed by atoms with van der Waals surface area (Å²) in [6.07, 6.45) is 2.72. The fourth-order valence-corrected chi connectivity index (χ4v) is 2.10. The van der Waals surface area contributed by atoms with Crippen LogP contribution in [0.4, 0.5) is 0 Å². The van der Waals surface area contributed by atoms with Crippen LogP contribution < -0.4 is 5.73 Å². The first-order valence-corrected chi connectivity index (χ1v) is 6.30. The largest absolute Gasteiger partial charge is 0.394 e. The Kier molecular flexibility index (Phi) is 4.19. The zero-order valence-corrected chi connectivity index (χ0v) is 11.0. The highest BCUT2D eigenvalue weighted by Crippen LogP contribution is 2.18. The summed E-state index contributed by atoms with van der Waals surface area (Å²) in [5.74, 6) is -0.234. The number of nitrogens with one attached hydrogen (secondary N) is 1. The minimum absolute atomic E-state index is 0.234. The van der Waals surface area contributed by atoms with Crippen LogP contribution in [-0.2, 0) is 11.2 Å². The predicted octanol–water partition coefficient (Wildman–Crippen LogP) is 0.488. The van der Waals surface area contributed by atoms with E-state index in [0.29, 0.717) is 6.54 Å². The second-order valence-electron chi connectivity index (χ2n) is 4.66. The first kappa shape index (κ1) is 13.6. The molecule has 5 heteroatoms. The van der Waals surface area contributed by atoms with Crippen LogP contribution in [0.1, 0.15) is 5.56 Å². The van der Waals surface area contributed by atoms with Crippen LogP contribution in [0.15, 0.2) is 30.5 Å². The first-order valence-electron chi connectivity index (χ1n) is 6.30. The number of aliphatic hydroxyl groups is 1. The van der Waals surface area contributed by atoms with E-state index < -0.39 is 6.04 Å². The molecule has 5 nitrogen and oxygen atoms in total. The van der Waals surface area contributed by atoms with Gasteiger partial charge in [0.25, 0.3) is 0 Å². The van der Waals surface area contributed by atoms with E-state index >= 15 is 0 Å². The van der Waals surface area contributed by atoms with Crippen LogP contribution >= 0.6 is 0 Å². The van der Waals surface area contributed by atoms with Crippen molar-refractivity contribution in [2.75, 3.05) is 20.2 Å². The third-order valence-corrected chi connectivity index (χ3v) is 3.28. The van der Waals surface area contributed by atoms with E-state index in [1.54, 1.807) is 11.9 Å². The van der Waals surface area contributed by atoms with Gasteiger partial charge in [-0.3, -0.25) is 4.79 Å². The lowest BCUT2D eigenvalue weighted by molar-refractivity contribution is -0.132. The number of rotatable bonds is 5. The van der Waals surface area contributed by atoms with Crippen LogP contribution in [0, 0.1) is 0 Å². The molecule has 0 spiro atoms. The van der Waals surface area contributed by atoms with E-state index in [-0.39, 0.29) is 12.5 Å². The SMILES string of the molecule is CN(CCc1c[nH]c2ccccc12)C(=O)C(N)CO.